The zero-order chi connectivity index (χ0) is 13.2. The van der Waals surface area contributed by atoms with Gasteiger partial charge in [0.05, 0.1) is 0 Å². The van der Waals surface area contributed by atoms with Gasteiger partial charge in [0, 0.05) is 7.05 Å². The predicted molar refractivity (Wildman–Crippen MR) is 53.5 cm³/mol. The molecule has 0 saturated heterocycles. The minimum atomic E-state index is -5.10. The van der Waals surface area contributed by atoms with Gasteiger partial charge in [0.25, 0.3) is 5.56 Å². The SMILES string of the molecule is CNc1nc(N)[nH]c(=O)c1NC(=O)C(F)(F)F. The maximum absolute atomic E-state index is 12.0. The molecule has 0 bridgehead atoms. The molecule has 10 heteroatoms. The zero-order valence-electron chi connectivity index (χ0n) is 8.47. The van der Waals surface area contributed by atoms with Crippen LogP contribution in [0.4, 0.5) is 30.6 Å². The number of nitrogens with one attached hydrogen (secondary N) is 3. The number of H-pyrrole nitrogens is 1. The molecule has 0 aromatic carbocycles. The van der Waals surface area contributed by atoms with Gasteiger partial charge in [0.1, 0.15) is 0 Å². The molecule has 17 heavy (non-hydrogen) atoms. The maximum atomic E-state index is 12.0. The fourth-order valence-electron chi connectivity index (χ4n) is 0.972. The standard InChI is InChI=1S/C7H8F3N5O2/c1-12-3-2(4(16)15-6(11)14-3)13-5(17)7(8,9)10/h1H3,(H,13,17)(H4,11,12,14,15,16). The van der Waals surface area contributed by atoms with E-state index in [9.17, 15) is 22.8 Å². The summed E-state index contributed by atoms with van der Waals surface area (Å²) in [6.45, 7) is 0. The molecule has 0 aliphatic heterocycles. The third kappa shape index (κ3) is 2.86. The smallest absolute Gasteiger partial charge is 0.371 e. The first kappa shape index (κ1) is 12.8. The maximum Gasteiger partial charge on any atom is 0.471 e. The fourth-order valence-corrected chi connectivity index (χ4v) is 0.972. The Morgan fingerprint density at radius 1 is 1.47 bits per heavy atom. The number of carbonyl (C=O) groups excluding carboxylic acids is 1. The van der Waals surface area contributed by atoms with Crippen LogP contribution in [0.25, 0.3) is 0 Å². The second-order valence-corrected chi connectivity index (χ2v) is 2.88. The third-order valence-corrected chi connectivity index (χ3v) is 1.67. The van der Waals surface area contributed by atoms with Crippen LogP contribution in [0, 0.1) is 0 Å². The Labute approximate surface area is 92.2 Å². The van der Waals surface area contributed by atoms with Gasteiger partial charge in [-0.05, 0) is 0 Å². The number of amides is 1. The summed E-state index contributed by atoms with van der Waals surface area (Å²) in [7, 11) is 1.31. The molecule has 0 aliphatic rings. The zero-order valence-corrected chi connectivity index (χ0v) is 8.47. The number of alkyl halides is 3. The summed E-state index contributed by atoms with van der Waals surface area (Å²) >= 11 is 0. The van der Waals surface area contributed by atoms with Gasteiger partial charge in [0.15, 0.2) is 11.5 Å². The van der Waals surface area contributed by atoms with Crippen molar-refractivity contribution in [1.82, 2.24) is 9.97 Å². The van der Waals surface area contributed by atoms with Crippen molar-refractivity contribution in [2.24, 2.45) is 0 Å². The number of halogens is 3. The van der Waals surface area contributed by atoms with Gasteiger partial charge in [-0.25, -0.2) is 0 Å². The van der Waals surface area contributed by atoms with E-state index in [1.807, 2.05) is 4.98 Å². The van der Waals surface area contributed by atoms with E-state index in [4.69, 9.17) is 5.73 Å². The van der Waals surface area contributed by atoms with E-state index in [1.54, 1.807) is 0 Å². The van der Waals surface area contributed by atoms with Gasteiger partial charge in [-0.3, -0.25) is 14.6 Å². The summed E-state index contributed by atoms with van der Waals surface area (Å²) in [4.78, 5) is 27.4. The molecule has 0 unspecified atom stereocenters. The largest absolute Gasteiger partial charge is 0.471 e. The van der Waals surface area contributed by atoms with Crippen LogP contribution >= 0.6 is 0 Å². The number of nitrogens with zero attached hydrogens (tertiary/aromatic N) is 1. The summed E-state index contributed by atoms with van der Waals surface area (Å²) in [5, 5.41) is 3.75. The molecule has 0 aliphatic carbocycles. The van der Waals surface area contributed by atoms with E-state index in [2.05, 4.69) is 10.3 Å². The molecular formula is C7H8F3N5O2. The number of hydrogen-bond acceptors (Lipinski definition) is 5. The van der Waals surface area contributed by atoms with E-state index in [0.717, 1.165) is 0 Å². The van der Waals surface area contributed by atoms with E-state index < -0.39 is 23.3 Å². The summed E-state index contributed by atoms with van der Waals surface area (Å²) in [6.07, 6.45) is -5.10. The average Bonchev–Trinajstić information content (AvgIpc) is 2.19. The van der Waals surface area contributed by atoms with Crippen molar-refractivity contribution < 1.29 is 18.0 Å². The lowest BCUT2D eigenvalue weighted by Gasteiger charge is -2.10. The molecule has 1 aromatic heterocycles. The average molecular weight is 251 g/mol. The molecule has 94 valence electrons. The number of rotatable bonds is 2. The van der Waals surface area contributed by atoms with Crippen molar-refractivity contribution in [3.63, 3.8) is 0 Å². The van der Waals surface area contributed by atoms with Crippen molar-refractivity contribution in [3.8, 4) is 0 Å². The lowest BCUT2D eigenvalue weighted by Crippen LogP contribution is -2.33. The van der Waals surface area contributed by atoms with Crippen LogP contribution in [0.15, 0.2) is 4.79 Å². The Morgan fingerprint density at radius 2 is 2.06 bits per heavy atom. The molecule has 1 amide bonds. The highest BCUT2D eigenvalue weighted by Crippen LogP contribution is 2.19. The lowest BCUT2D eigenvalue weighted by atomic mass is 10.4. The third-order valence-electron chi connectivity index (χ3n) is 1.67. The van der Waals surface area contributed by atoms with Crippen LogP contribution < -0.4 is 21.9 Å². The monoisotopic (exact) mass is 251 g/mol. The number of aromatic amines is 1. The molecule has 0 saturated carbocycles. The van der Waals surface area contributed by atoms with Crippen LogP contribution in [0.5, 0.6) is 0 Å². The van der Waals surface area contributed by atoms with Crippen LogP contribution in [0.1, 0.15) is 0 Å². The molecule has 5 N–H and O–H groups in total. The Balaban J connectivity index is 3.15. The van der Waals surface area contributed by atoms with Crippen molar-refractivity contribution in [2.75, 3.05) is 23.4 Å². The quantitative estimate of drug-likeness (QED) is 0.586. The van der Waals surface area contributed by atoms with Crippen LogP contribution in [0.2, 0.25) is 0 Å². The van der Waals surface area contributed by atoms with Gasteiger partial charge in [-0.1, -0.05) is 0 Å². The number of aromatic nitrogens is 2. The van der Waals surface area contributed by atoms with Crippen molar-refractivity contribution in [3.05, 3.63) is 10.4 Å². The molecular weight excluding hydrogens is 243 g/mol. The fraction of sp³-hybridized carbons (Fsp3) is 0.286. The topological polar surface area (TPSA) is 113 Å². The van der Waals surface area contributed by atoms with Crippen LogP contribution in [-0.2, 0) is 4.79 Å². The molecule has 0 radical (unpaired) electrons. The number of hydrogen-bond donors (Lipinski definition) is 4. The molecule has 1 rings (SSSR count). The molecule has 1 aromatic rings. The molecule has 0 atom stereocenters. The summed E-state index contributed by atoms with van der Waals surface area (Å²) in [6, 6.07) is 0. The molecule has 0 fully saturated rings. The number of nitrogen functional groups attached to an aromatic ring is 1. The minimum absolute atomic E-state index is 0.260. The molecule has 0 spiro atoms. The molecule has 1 heterocycles. The Kier molecular flexibility index (Phi) is 3.25. The Bertz CT molecular complexity index is 495. The summed E-state index contributed by atoms with van der Waals surface area (Å²) in [5.74, 6) is -2.82. The summed E-state index contributed by atoms with van der Waals surface area (Å²) < 4.78 is 36.0. The van der Waals surface area contributed by atoms with Gasteiger partial charge >= 0.3 is 12.1 Å². The highest BCUT2D eigenvalue weighted by Gasteiger charge is 2.39. The van der Waals surface area contributed by atoms with Crippen molar-refractivity contribution in [2.45, 2.75) is 6.18 Å². The van der Waals surface area contributed by atoms with Gasteiger partial charge < -0.3 is 16.4 Å². The number of anilines is 3. The van der Waals surface area contributed by atoms with Crippen molar-refractivity contribution in [1.29, 1.82) is 0 Å². The first-order valence-electron chi connectivity index (χ1n) is 4.21. The normalized spacial score (nSPS) is 11.1. The highest BCUT2D eigenvalue weighted by molar-refractivity contribution is 5.96. The van der Waals surface area contributed by atoms with E-state index in [1.165, 1.54) is 12.4 Å². The van der Waals surface area contributed by atoms with Crippen LogP contribution in [0.3, 0.4) is 0 Å². The van der Waals surface area contributed by atoms with Gasteiger partial charge in [-0.2, -0.15) is 18.2 Å². The first-order chi connectivity index (χ1) is 7.75. The number of carbonyl (C=O) groups is 1. The lowest BCUT2D eigenvalue weighted by molar-refractivity contribution is -0.167. The van der Waals surface area contributed by atoms with E-state index in [0.29, 0.717) is 0 Å². The predicted octanol–water partition coefficient (Wildman–Crippen LogP) is -0.105. The van der Waals surface area contributed by atoms with Gasteiger partial charge in [0.2, 0.25) is 5.95 Å². The summed E-state index contributed by atoms with van der Waals surface area (Å²) in [5.41, 5.74) is 3.54. The second kappa shape index (κ2) is 4.31. The minimum Gasteiger partial charge on any atom is -0.371 e. The van der Waals surface area contributed by atoms with Crippen molar-refractivity contribution >= 4 is 23.4 Å². The first-order valence-corrected chi connectivity index (χ1v) is 4.21. The van der Waals surface area contributed by atoms with E-state index in [-0.39, 0.29) is 11.8 Å². The number of nitrogens with two attached hydrogens (primary N) is 1. The Morgan fingerprint density at radius 3 is 2.53 bits per heavy atom. The molecule has 7 nitrogen and oxygen atoms in total. The Hall–Kier alpha value is -2.26. The van der Waals surface area contributed by atoms with E-state index >= 15 is 0 Å². The second-order valence-electron chi connectivity index (χ2n) is 2.88. The van der Waals surface area contributed by atoms with Crippen LogP contribution in [-0.4, -0.2) is 29.1 Å². The van der Waals surface area contributed by atoms with Gasteiger partial charge in [-0.15, -0.1) is 0 Å². The highest BCUT2D eigenvalue weighted by atomic mass is 19.4.